The molecule has 0 aromatic heterocycles. The molecule has 2 aliphatic carbocycles. The van der Waals surface area contributed by atoms with Crippen LogP contribution in [0.3, 0.4) is 0 Å². The van der Waals surface area contributed by atoms with Gasteiger partial charge in [-0.3, -0.25) is 0 Å². The summed E-state index contributed by atoms with van der Waals surface area (Å²) in [5.74, 6) is 3.07. The first-order valence-corrected chi connectivity index (χ1v) is 7.99. The summed E-state index contributed by atoms with van der Waals surface area (Å²) in [6.07, 6.45) is 12.9. The lowest BCUT2D eigenvalue weighted by atomic mass is 9.75. The van der Waals surface area contributed by atoms with E-state index in [4.69, 9.17) is 5.73 Å². The lowest BCUT2D eigenvalue weighted by Crippen LogP contribution is -2.27. The predicted molar refractivity (Wildman–Crippen MR) is 77.0 cm³/mol. The second-order valence-electron chi connectivity index (χ2n) is 6.14. The van der Waals surface area contributed by atoms with Crippen LogP contribution in [0.2, 0.25) is 0 Å². The Labute approximate surface area is 109 Å². The molecule has 0 radical (unpaired) electrons. The number of hydrogen-bond donors (Lipinski definition) is 1. The summed E-state index contributed by atoms with van der Waals surface area (Å²) in [5.41, 5.74) is 5.95. The lowest BCUT2D eigenvalue weighted by Gasteiger charge is -2.32. The smallest absolute Gasteiger partial charge is 0.00390 e. The van der Waals surface area contributed by atoms with Crippen LogP contribution < -0.4 is 5.73 Å². The van der Waals surface area contributed by atoms with Crippen molar-refractivity contribution in [3.8, 4) is 0 Å². The van der Waals surface area contributed by atoms with Crippen molar-refractivity contribution in [3.05, 3.63) is 0 Å². The molecule has 102 valence electrons. The standard InChI is InChI=1S/C14H27N.C2H6/c1-11-2-4-12(5-3-11)10-13-6-8-14(15)9-7-13;1-2/h11-14H,2-10,15H2,1H3;1-2H3. The third kappa shape index (κ3) is 5.42. The van der Waals surface area contributed by atoms with Crippen molar-refractivity contribution in [2.45, 2.75) is 84.6 Å². The van der Waals surface area contributed by atoms with Gasteiger partial charge in [-0.15, -0.1) is 0 Å². The Bertz CT molecular complexity index is 154. The molecule has 0 aromatic carbocycles. The fourth-order valence-electron chi connectivity index (χ4n) is 3.46. The summed E-state index contributed by atoms with van der Waals surface area (Å²) in [4.78, 5) is 0. The van der Waals surface area contributed by atoms with Gasteiger partial charge in [0.15, 0.2) is 0 Å². The van der Waals surface area contributed by atoms with Crippen molar-refractivity contribution in [3.63, 3.8) is 0 Å². The zero-order valence-electron chi connectivity index (χ0n) is 12.3. The summed E-state index contributed by atoms with van der Waals surface area (Å²) in [5, 5.41) is 0. The number of rotatable bonds is 2. The van der Waals surface area contributed by atoms with E-state index < -0.39 is 0 Å². The Hall–Kier alpha value is -0.0400. The summed E-state index contributed by atoms with van der Waals surface area (Å²) in [6, 6.07) is 0.521. The maximum atomic E-state index is 5.95. The van der Waals surface area contributed by atoms with Crippen LogP contribution in [0, 0.1) is 17.8 Å². The van der Waals surface area contributed by atoms with Crippen LogP contribution in [0.4, 0.5) is 0 Å². The molecule has 2 N–H and O–H groups in total. The molecule has 0 amide bonds. The van der Waals surface area contributed by atoms with Crippen LogP contribution in [-0.2, 0) is 0 Å². The van der Waals surface area contributed by atoms with E-state index in [0.717, 1.165) is 17.8 Å². The fourth-order valence-corrected chi connectivity index (χ4v) is 3.46. The molecule has 0 saturated heterocycles. The molecule has 2 rings (SSSR count). The SMILES string of the molecule is CC.CC1CCC(CC2CCC(N)CC2)CC1. The molecule has 1 nitrogen and oxygen atoms in total. The van der Waals surface area contributed by atoms with E-state index in [9.17, 15) is 0 Å². The predicted octanol–water partition coefficient (Wildman–Crippen LogP) is 4.75. The molecule has 0 aromatic rings. The maximum Gasteiger partial charge on any atom is 0.00390 e. The van der Waals surface area contributed by atoms with Gasteiger partial charge in [0.25, 0.3) is 0 Å². The fraction of sp³-hybridized carbons (Fsp3) is 1.00. The van der Waals surface area contributed by atoms with Gasteiger partial charge in [-0.2, -0.15) is 0 Å². The highest BCUT2D eigenvalue weighted by atomic mass is 14.6. The van der Waals surface area contributed by atoms with Crippen molar-refractivity contribution in [1.82, 2.24) is 0 Å². The Morgan fingerprint density at radius 3 is 1.65 bits per heavy atom. The average molecular weight is 239 g/mol. The Balaban J connectivity index is 0.000000686. The molecule has 0 heterocycles. The van der Waals surface area contributed by atoms with Crippen LogP contribution in [0.5, 0.6) is 0 Å². The zero-order valence-corrected chi connectivity index (χ0v) is 12.3. The number of nitrogens with two attached hydrogens (primary N) is 1. The van der Waals surface area contributed by atoms with Gasteiger partial charge in [0.2, 0.25) is 0 Å². The lowest BCUT2D eigenvalue weighted by molar-refractivity contribution is 0.212. The molecule has 2 aliphatic rings. The quantitative estimate of drug-likeness (QED) is 0.739. The van der Waals surface area contributed by atoms with E-state index in [1.165, 1.54) is 57.8 Å². The minimum Gasteiger partial charge on any atom is -0.328 e. The summed E-state index contributed by atoms with van der Waals surface area (Å²) >= 11 is 0. The molecule has 0 atom stereocenters. The normalized spacial score (nSPS) is 38.1. The van der Waals surface area contributed by atoms with E-state index in [1.807, 2.05) is 13.8 Å². The first kappa shape index (κ1) is 15.0. The Morgan fingerprint density at radius 2 is 1.18 bits per heavy atom. The van der Waals surface area contributed by atoms with Crippen molar-refractivity contribution < 1.29 is 0 Å². The van der Waals surface area contributed by atoms with Gasteiger partial charge in [-0.1, -0.05) is 46.5 Å². The van der Waals surface area contributed by atoms with Crippen LogP contribution in [0.1, 0.15) is 78.6 Å². The molecule has 2 saturated carbocycles. The van der Waals surface area contributed by atoms with E-state index >= 15 is 0 Å². The highest BCUT2D eigenvalue weighted by Gasteiger charge is 2.24. The van der Waals surface area contributed by atoms with Gasteiger partial charge in [0.1, 0.15) is 0 Å². The molecule has 2 fully saturated rings. The molecule has 17 heavy (non-hydrogen) atoms. The van der Waals surface area contributed by atoms with Crippen molar-refractivity contribution >= 4 is 0 Å². The second kappa shape index (κ2) is 8.13. The minimum absolute atomic E-state index is 0.521. The molecule has 0 bridgehead atoms. The van der Waals surface area contributed by atoms with Gasteiger partial charge in [0.05, 0.1) is 0 Å². The molecule has 0 unspecified atom stereocenters. The summed E-state index contributed by atoms with van der Waals surface area (Å²) in [6.45, 7) is 6.41. The highest BCUT2D eigenvalue weighted by Crippen LogP contribution is 2.36. The summed E-state index contributed by atoms with van der Waals surface area (Å²) < 4.78 is 0. The van der Waals surface area contributed by atoms with Crippen LogP contribution >= 0.6 is 0 Å². The van der Waals surface area contributed by atoms with E-state index in [1.54, 1.807) is 0 Å². The van der Waals surface area contributed by atoms with Gasteiger partial charge in [0, 0.05) is 6.04 Å². The van der Waals surface area contributed by atoms with Crippen LogP contribution in [-0.4, -0.2) is 6.04 Å². The third-order valence-corrected chi connectivity index (χ3v) is 4.69. The molecular formula is C16H33N. The van der Waals surface area contributed by atoms with Crippen molar-refractivity contribution in [2.75, 3.05) is 0 Å². The highest BCUT2D eigenvalue weighted by molar-refractivity contribution is 4.78. The van der Waals surface area contributed by atoms with E-state index in [-0.39, 0.29) is 0 Å². The Kier molecular flexibility index (Phi) is 7.18. The van der Waals surface area contributed by atoms with E-state index in [2.05, 4.69) is 6.92 Å². The van der Waals surface area contributed by atoms with E-state index in [0.29, 0.717) is 6.04 Å². The van der Waals surface area contributed by atoms with Gasteiger partial charge in [-0.05, 0) is 49.9 Å². The molecular weight excluding hydrogens is 206 g/mol. The van der Waals surface area contributed by atoms with Crippen LogP contribution in [0.15, 0.2) is 0 Å². The van der Waals surface area contributed by atoms with Gasteiger partial charge in [-0.25, -0.2) is 0 Å². The first-order valence-electron chi connectivity index (χ1n) is 7.99. The minimum atomic E-state index is 0.521. The van der Waals surface area contributed by atoms with Crippen LogP contribution in [0.25, 0.3) is 0 Å². The molecule has 0 aliphatic heterocycles. The Morgan fingerprint density at radius 1 is 0.765 bits per heavy atom. The largest absolute Gasteiger partial charge is 0.328 e. The number of hydrogen-bond acceptors (Lipinski definition) is 1. The van der Waals surface area contributed by atoms with Crippen molar-refractivity contribution in [1.29, 1.82) is 0 Å². The monoisotopic (exact) mass is 239 g/mol. The zero-order chi connectivity index (χ0) is 12.7. The molecule has 1 heteroatoms. The molecule has 0 spiro atoms. The van der Waals surface area contributed by atoms with Gasteiger partial charge < -0.3 is 5.73 Å². The van der Waals surface area contributed by atoms with Gasteiger partial charge >= 0.3 is 0 Å². The third-order valence-electron chi connectivity index (χ3n) is 4.69. The summed E-state index contributed by atoms with van der Waals surface area (Å²) in [7, 11) is 0. The maximum absolute atomic E-state index is 5.95. The topological polar surface area (TPSA) is 26.0 Å². The first-order chi connectivity index (χ1) is 8.24. The average Bonchev–Trinajstić information content (AvgIpc) is 2.37. The second-order valence-corrected chi connectivity index (χ2v) is 6.14. The van der Waals surface area contributed by atoms with Crippen molar-refractivity contribution in [2.24, 2.45) is 23.5 Å².